The van der Waals surface area contributed by atoms with Crippen LogP contribution in [0.1, 0.15) is 28.2 Å². The number of esters is 1. The van der Waals surface area contributed by atoms with Gasteiger partial charge in [0.25, 0.3) is 5.91 Å². The Labute approximate surface area is 174 Å². The number of fused-ring (bicyclic) bond motifs is 1. The Morgan fingerprint density at radius 3 is 2.72 bits per heavy atom. The third kappa shape index (κ3) is 4.07. The molecular formula is C21H17BrFN3O3. The highest BCUT2D eigenvalue weighted by Crippen LogP contribution is 2.28. The molecule has 0 radical (unpaired) electrons. The van der Waals surface area contributed by atoms with E-state index < -0.39 is 24.3 Å². The third-order valence-electron chi connectivity index (χ3n) is 4.66. The van der Waals surface area contributed by atoms with Gasteiger partial charge in [0.15, 0.2) is 12.3 Å². The van der Waals surface area contributed by atoms with E-state index in [0.717, 1.165) is 36.2 Å². The van der Waals surface area contributed by atoms with Crippen molar-refractivity contribution in [3.05, 3.63) is 75.8 Å². The van der Waals surface area contributed by atoms with Gasteiger partial charge in [0.2, 0.25) is 0 Å². The van der Waals surface area contributed by atoms with Crippen LogP contribution in [0.15, 0.2) is 53.0 Å². The lowest BCUT2D eigenvalue weighted by Gasteiger charge is -2.07. The minimum Gasteiger partial charge on any atom is -0.451 e. The van der Waals surface area contributed by atoms with Crippen LogP contribution in [0.3, 0.4) is 0 Å². The second kappa shape index (κ2) is 8.16. The molecule has 148 valence electrons. The number of halogens is 2. The fourth-order valence-electron chi connectivity index (χ4n) is 3.36. The van der Waals surface area contributed by atoms with Crippen LogP contribution in [0.4, 0.5) is 10.1 Å². The standard InChI is InChI=1S/C21H17BrFN3O3/c22-13-9-10-17(16(23)11-13)24-19(27)12-29-21(28)20-15-7-4-8-18(15)26(25-20)14-5-2-1-3-6-14/h1-3,5-6,9-11H,4,7-8,12H2,(H,24,27). The molecule has 1 N–H and O–H groups in total. The fraction of sp³-hybridized carbons (Fsp3) is 0.190. The van der Waals surface area contributed by atoms with Crippen molar-refractivity contribution >= 4 is 33.5 Å². The number of carbonyl (C=O) groups is 2. The summed E-state index contributed by atoms with van der Waals surface area (Å²) in [6, 6.07) is 13.8. The summed E-state index contributed by atoms with van der Waals surface area (Å²) in [6.45, 7) is -0.526. The first-order valence-corrected chi connectivity index (χ1v) is 9.90. The Bertz CT molecular complexity index is 1080. The molecular weight excluding hydrogens is 441 g/mol. The number of benzene rings is 2. The number of nitrogens with zero attached hydrogens (tertiary/aromatic N) is 2. The summed E-state index contributed by atoms with van der Waals surface area (Å²) in [5.74, 6) is -1.87. The van der Waals surface area contributed by atoms with E-state index in [-0.39, 0.29) is 11.4 Å². The highest BCUT2D eigenvalue weighted by molar-refractivity contribution is 9.10. The summed E-state index contributed by atoms with van der Waals surface area (Å²) in [4.78, 5) is 24.6. The molecule has 0 atom stereocenters. The van der Waals surface area contributed by atoms with Gasteiger partial charge < -0.3 is 10.1 Å². The monoisotopic (exact) mass is 457 g/mol. The summed E-state index contributed by atoms with van der Waals surface area (Å²) >= 11 is 3.15. The molecule has 29 heavy (non-hydrogen) atoms. The minimum atomic E-state index is -0.663. The molecule has 0 aliphatic heterocycles. The van der Waals surface area contributed by atoms with Crippen molar-refractivity contribution in [2.45, 2.75) is 19.3 Å². The predicted octanol–water partition coefficient (Wildman–Crippen LogP) is 4.06. The average molecular weight is 458 g/mol. The van der Waals surface area contributed by atoms with Gasteiger partial charge >= 0.3 is 5.97 Å². The van der Waals surface area contributed by atoms with Crippen LogP contribution in [-0.4, -0.2) is 28.3 Å². The number of hydrogen-bond acceptors (Lipinski definition) is 4. The lowest BCUT2D eigenvalue weighted by Crippen LogP contribution is -2.22. The van der Waals surface area contributed by atoms with Gasteiger partial charge in [-0.3, -0.25) is 4.79 Å². The van der Waals surface area contributed by atoms with Crippen molar-refractivity contribution in [1.29, 1.82) is 0 Å². The molecule has 0 fully saturated rings. The number of anilines is 1. The molecule has 0 unspecified atom stereocenters. The maximum absolute atomic E-state index is 13.8. The van der Waals surface area contributed by atoms with Crippen molar-refractivity contribution in [3.63, 3.8) is 0 Å². The molecule has 6 nitrogen and oxygen atoms in total. The number of nitrogens with one attached hydrogen (secondary N) is 1. The van der Waals surface area contributed by atoms with E-state index in [2.05, 4.69) is 26.3 Å². The molecule has 1 aliphatic rings. The van der Waals surface area contributed by atoms with E-state index in [1.165, 1.54) is 12.1 Å². The Morgan fingerprint density at radius 1 is 1.17 bits per heavy atom. The van der Waals surface area contributed by atoms with Crippen LogP contribution in [0, 0.1) is 5.82 Å². The molecule has 3 aromatic rings. The Hall–Kier alpha value is -3.00. The lowest BCUT2D eigenvalue weighted by molar-refractivity contribution is -0.119. The van der Waals surface area contributed by atoms with E-state index in [4.69, 9.17) is 4.74 Å². The largest absolute Gasteiger partial charge is 0.451 e. The molecule has 1 heterocycles. The van der Waals surface area contributed by atoms with Crippen molar-refractivity contribution in [3.8, 4) is 5.69 Å². The number of hydrogen-bond donors (Lipinski definition) is 1. The fourth-order valence-corrected chi connectivity index (χ4v) is 3.69. The summed E-state index contributed by atoms with van der Waals surface area (Å²) in [5.41, 5.74) is 2.96. The van der Waals surface area contributed by atoms with Gasteiger partial charge in [0, 0.05) is 15.7 Å². The Morgan fingerprint density at radius 2 is 1.97 bits per heavy atom. The maximum Gasteiger partial charge on any atom is 0.359 e. The van der Waals surface area contributed by atoms with E-state index >= 15 is 0 Å². The molecule has 1 aliphatic carbocycles. The Kier molecular flexibility index (Phi) is 5.44. The summed E-state index contributed by atoms with van der Waals surface area (Å²) in [5, 5.41) is 6.82. The first kappa shape index (κ1) is 19.3. The van der Waals surface area contributed by atoms with Gasteiger partial charge in [-0.1, -0.05) is 34.1 Å². The van der Waals surface area contributed by atoms with Gasteiger partial charge in [-0.2, -0.15) is 5.10 Å². The van der Waals surface area contributed by atoms with E-state index in [0.29, 0.717) is 4.47 Å². The summed E-state index contributed by atoms with van der Waals surface area (Å²) in [7, 11) is 0. The average Bonchev–Trinajstić information content (AvgIpc) is 3.32. The van der Waals surface area contributed by atoms with E-state index in [1.807, 2.05) is 30.3 Å². The van der Waals surface area contributed by atoms with Crippen LogP contribution in [0.2, 0.25) is 0 Å². The number of carbonyl (C=O) groups excluding carboxylic acids is 2. The van der Waals surface area contributed by atoms with Gasteiger partial charge in [-0.15, -0.1) is 0 Å². The summed E-state index contributed by atoms with van der Waals surface area (Å²) in [6.07, 6.45) is 2.50. The molecule has 4 rings (SSSR count). The van der Waals surface area contributed by atoms with Gasteiger partial charge in [0.1, 0.15) is 5.82 Å². The van der Waals surface area contributed by atoms with Crippen LogP contribution >= 0.6 is 15.9 Å². The molecule has 0 spiro atoms. The van der Waals surface area contributed by atoms with Crippen LogP contribution in [-0.2, 0) is 22.4 Å². The molecule has 0 saturated heterocycles. The highest BCUT2D eigenvalue weighted by Gasteiger charge is 2.28. The van der Waals surface area contributed by atoms with Crippen LogP contribution < -0.4 is 5.32 Å². The van der Waals surface area contributed by atoms with E-state index in [9.17, 15) is 14.0 Å². The number of para-hydroxylation sites is 1. The van der Waals surface area contributed by atoms with Crippen molar-refractivity contribution in [1.82, 2.24) is 9.78 Å². The first-order chi connectivity index (χ1) is 14.0. The SMILES string of the molecule is O=C(COC(=O)c1nn(-c2ccccc2)c2c1CCC2)Nc1ccc(Br)cc1F. The Balaban J connectivity index is 1.46. The van der Waals surface area contributed by atoms with Crippen molar-refractivity contribution in [2.24, 2.45) is 0 Å². The predicted molar refractivity (Wildman–Crippen MR) is 109 cm³/mol. The van der Waals surface area contributed by atoms with Crippen molar-refractivity contribution < 1.29 is 18.7 Å². The second-order valence-corrected chi connectivity index (χ2v) is 7.54. The summed E-state index contributed by atoms with van der Waals surface area (Å²) < 4.78 is 21.3. The second-order valence-electron chi connectivity index (χ2n) is 6.62. The first-order valence-electron chi connectivity index (χ1n) is 9.11. The van der Waals surface area contributed by atoms with E-state index in [1.54, 1.807) is 10.7 Å². The zero-order valence-corrected chi connectivity index (χ0v) is 16.9. The number of aromatic nitrogens is 2. The molecule has 0 bridgehead atoms. The van der Waals surface area contributed by atoms with Gasteiger partial charge in [-0.25, -0.2) is 13.9 Å². The number of amides is 1. The molecule has 8 heteroatoms. The van der Waals surface area contributed by atoms with Gasteiger partial charge in [-0.05, 0) is 49.6 Å². The van der Waals surface area contributed by atoms with Crippen LogP contribution in [0.25, 0.3) is 5.69 Å². The zero-order valence-electron chi connectivity index (χ0n) is 15.3. The molecule has 0 saturated carbocycles. The van der Waals surface area contributed by atoms with Crippen molar-refractivity contribution in [2.75, 3.05) is 11.9 Å². The smallest absolute Gasteiger partial charge is 0.359 e. The zero-order chi connectivity index (χ0) is 20.4. The molecule has 2 aromatic carbocycles. The number of ether oxygens (including phenoxy) is 1. The topological polar surface area (TPSA) is 73.2 Å². The highest BCUT2D eigenvalue weighted by atomic mass is 79.9. The third-order valence-corrected chi connectivity index (χ3v) is 5.16. The quantitative estimate of drug-likeness (QED) is 0.586. The van der Waals surface area contributed by atoms with Crippen LogP contribution in [0.5, 0.6) is 0 Å². The maximum atomic E-state index is 13.8. The molecule has 1 aromatic heterocycles. The normalized spacial score (nSPS) is 12.5. The lowest BCUT2D eigenvalue weighted by atomic mass is 10.2. The minimum absolute atomic E-state index is 0.0171. The number of rotatable bonds is 5. The van der Waals surface area contributed by atoms with Gasteiger partial charge in [0.05, 0.1) is 11.4 Å². The molecule has 1 amide bonds.